The Morgan fingerprint density at radius 1 is 1.35 bits per heavy atom. The summed E-state index contributed by atoms with van der Waals surface area (Å²) in [5, 5.41) is 4.18. The SMILES string of the molecule is CCc1cc(NS(=O)(=O)c2cc(F)ccc2OC(C)C)n(C)n1. The summed E-state index contributed by atoms with van der Waals surface area (Å²) in [7, 11) is -2.37. The summed E-state index contributed by atoms with van der Waals surface area (Å²) < 4.78 is 48.1. The highest BCUT2D eigenvalue weighted by atomic mass is 32.2. The van der Waals surface area contributed by atoms with Crippen LogP contribution in [0.25, 0.3) is 0 Å². The molecule has 0 radical (unpaired) electrons. The Hall–Kier alpha value is -2.09. The van der Waals surface area contributed by atoms with Crippen LogP contribution in [-0.4, -0.2) is 24.3 Å². The Labute approximate surface area is 135 Å². The van der Waals surface area contributed by atoms with E-state index in [4.69, 9.17) is 4.74 Å². The van der Waals surface area contributed by atoms with Gasteiger partial charge < -0.3 is 4.74 Å². The Morgan fingerprint density at radius 2 is 2.04 bits per heavy atom. The molecule has 0 spiro atoms. The highest BCUT2D eigenvalue weighted by Gasteiger charge is 2.23. The fourth-order valence-electron chi connectivity index (χ4n) is 2.03. The first-order valence-electron chi connectivity index (χ1n) is 7.25. The van der Waals surface area contributed by atoms with Gasteiger partial charge in [0.05, 0.1) is 11.8 Å². The van der Waals surface area contributed by atoms with Gasteiger partial charge in [-0.1, -0.05) is 6.92 Å². The van der Waals surface area contributed by atoms with Crippen LogP contribution in [0.1, 0.15) is 26.5 Å². The summed E-state index contributed by atoms with van der Waals surface area (Å²) >= 11 is 0. The van der Waals surface area contributed by atoms with E-state index in [9.17, 15) is 12.8 Å². The maximum absolute atomic E-state index is 13.5. The number of rotatable bonds is 6. The normalized spacial score (nSPS) is 11.7. The average Bonchev–Trinajstić information content (AvgIpc) is 2.80. The maximum Gasteiger partial charge on any atom is 0.266 e. The van der Waals surface area contributed by atoms with Crippen LogP contribution < -0.4 is 9.46 Å². The van der Waals surface area contributed by atoms with Crippen LogP contribution >= 0.6 is 0 Å². The summed E-state index contributed by atoms with van der Waals surface area (Å²) in [5.41, 5.74) is 0.753. The van der Waals surface area contributed by atoms with E-state index >= 15 is 0 Å². The van der Waals surface area contributed by atoms with Crippen LogP contribution in [0.15, 0.2) is 29.2 Å². The molecule has 1 N–H and O–H groups in total. The monoisotopic (exact) mass is 341 g/mol. The minimum atomic E-state index is -4.01. The van der Waals surface area contributed by atoms with E-state index in [1.165, 1.54) is 10.7 Å². The van der Waals surface area contributed by atoms with Crippen LogP contribution in [0, 0.1) is 5.82 Å². The number of sulfonamides is 1. The lowest BCUT2D eigenvalue weighted by Crippen LogP contribution is -2.18. The summed E-state index contributed by atoms with van der Waals surface area (Å²) in [6.07, 6.45) is 0.440. The summed E-state index contributed by atoms with van der Waals surface area (Å²) in [5.74, 6) is -0.242. The van der Waals surface area contributed by atoms with Crippen molar-refractivity contribution in [3.05, 3.63) is 35.8 Å². The van der Waals surface area contributed by atoms with E-state index in [2.05, 4.69) is 9.82 Å². The molecule has 8 heteroatoms. The van der Waals surface area contributed by atoms with Crippen LogP contribution in [0.5, 0.6) is 5.75 Å². The summed E-state index contributed by atoms with van der Waals surface area (Å²) in [4.78, 5) is -0.245. The number of nitrogens with one attached hydrogen (secondary N) is 1. The van der Waals surface area contributed by atoms with Crippen molar-refractivity contribution < 1.29 is 17.5 Å². The number of hydrogen-bond acceptors (Lipinski definition) is 4. The molecule has 0 aliphatic carbocycles. The number of benzene rings is 1. The van der Waals surface area contributed by atoms with Gasteiger partial charge in [-0.2, -0.15) is 5.10 Å². The van der Waals surface area contributed by atoms with Crippen molar-refractivity contribution in [1.29, 1.82) is 0 Å². The molecule has 0 saturated carbocycles. The molecule has 6 nitrogen and oxygen atoms in total. The van der Waals surface area contributed by atoms with Crippen molar-refractivity contribution in [3.8, 4) is 5.75 Å². The molecule has 2 rings (SSSR count). The first-order chi connectivity index (χ1) is 10.7. The Kier molecular flexibility index (Phi) is 4.93. The fraction of sp³-hybridized carbons (Fsp3) is 0.400. The molecule has 126 valence electrons. The van der Waals surface area contributed by atoms with Crippen molar-refractivity contribution in [1.82, 2.24) is 9.78 Å². The molecule has 2 aromatic rings. The van der Waals surface area contributed by atoms with Gasteiger partial charge in [-0.25, -0.2) is 12.8 Å². The zero-order valence-electron chi connectivity index (χ0n) is 13.5. The molecule has 0 fully saturated rings. The molecule has 0 saturated heterocycles. The van der Waals surface area contributed by atoms with E-state index in [-0.39, 0.29) is 16.7 Å². The number of aryl methyl sites for hydroxylation is 2. The van der Waals surface area contributed by atoms with Gasteiger partial charge in [0, 0.05) is 13.1 Å². The number of anilines is 1. The lowest BCUT2D eigenvalue weighted by molar-refractivity contribution is 0.235. The fourth-order valence-corrected chi connectivity index (χ4v) is 3.26. The first-order valence-corrected chi connectivity index (χ1v) is 8.73. The third kappa shape index (κ3) is 4.01. The van der Waals surface area contributed by atoms with Crippen LogP contribution in [0.4, 0.5) is 10.2 Å². The minimum Gasteiger partial charge on any atom is -0.490 e. The molecular weight excluding hydrogens is 321 g/mol. The highest BCUT2D eigenvalue weighted by molar-refractivity contribution is 7.92. The second kappa shape index (κ2) is 6.57. The number of nitrogens with zero attached hydrogens (tertiary/aromatic N) is 2. The quantitative estimate of drug-likeness (QED) is 0.877. The topological polar surface area (TPSA) is 73.2 Å². The van der Waals surface area contributed by atoms with Crippen molar-refractivity contribution in [2.45, 2.75) is 38.2 Å². The number of ether oxygens (including phenoxy) is 1. The van der Waals surface area contributed by atoms with Crippen LogP contribution in [0.2, 0.25) is 0 Å². The molecule has 1 aromatic carbocycles. The van der Waals surface area contributed by atoms with Gasteiger partial charge in [0.2, 0.25) is 0 Å². The Bertz CT molecular complexity index is 800. The predicted octanol–water partition coefficient (Wildman–Crippen LogP) is 2.71. The van der Waals surface area contributed by atoms with Gasteiger partial charge in [0.1, 0.15) is 22.3 Å². The Morgan fingerprint density at radius 3 is 2.61 bits per heavy atom. The number of hydrogen-bond donors (Lipinski definition) is 1. The maximum atomic E-state index is 13.5. The molecule has 0 bridgehead atoms. The van der Waals surface area contributed by atoms with Crippen molar-refractivity contribution in [2.75, 3.05) is 4.72 Å². The molecule has 23 heavy (non-hydrogen) atoms. The molecule has 0 unspecified atom stereocenters. The lowest BCUT2D eigenvalue weighted by atomic mass is 10.3. The van der Waals surface area contributed by atoms with Gasteiger partial charge in [-0.05, 0) is 38.5 Å². The molecule has 0 aliphatic rings. The van der Waals surface area contributed by atoms with Gasteiger partial charge in [-0.3, -0.25) is 9.40 Å². The molecule has 0 amide bonds. The van der Waals surface area contributed by atoms with E-state index in [0.717, 1.165) is 17.8 Å². The van der Waals surface area contributed by atoms with E-state index < -0.39 is 15.8 Å². The average molecular weight is 341 g/mol. The smallest absolute Gasteiger partial charge is 0.266 e. The number of halogens is 1. The van der Waals surface area contributed by atoms with E-state index in [1.807, 2.05) is 6.92 Å². The standard InChI is InChI=1S/C15H20FN3O3S/c1-5-12-9-15(19(4)17-12)18-23(20,21)14-8-11(16)6-7-13(14)22-10(2)3/h6-10,18H,5H2,1-4H3. The van der Waals surface area contributed by atoms with E-state index in [1.54, 1.807) is 27.0 Å². The van der Waals surface area contributed by atoms with Gasteiger partial charge >= 0.3 is 0 Å². The zero-order valence-corrected chi connectivity index (χ0v) is 14.3. The third-order valence-corrected chi connectivity index (χ3v) is 4.47. The number of aromatic nitrogens is 2. The molecule has 1 aromatic heterocycles. The molecule has 1 heterocycles. The third-order valence-electron chi connectivity index (χ3n) is 3.09. The summed E-state index contributed by atoms with van der Waals surface area (Å²) in [6.45, 7) is 5.45. The van der Waals surface area contributed by atoms with Crippen LogP contribution in [-0.2, 0) is 23.5 Å². The van der Waals surface area contributed by atoms with Crippen molar-refractivity contribution in [3.63, 3.8) is 0 Å². The van der Waals surface area contributed by atoms with Crippen LogP contribution in [0.3, 0.4) is 0 Å². The second-order valence-corrected chi connectivity index (χ2v) is 7.01. The van der Waals surface area contributed by atoms with Gasteiger partial charge in [0.15, 0.2) is 0 Å². The second-order valence-electron chi connectivity index (χ2n) is 5.36. The van der Waals surface area contributed by atoms with Crippen molar-refractivity contribution in [2.24, 2.45) is 7.05 Å². The largest absolute Gasteiger partial charge is 0.490 e. The Balaban J connectivity index is 2.42. The zero-order chi connectivity index (χ0) is 17.2. The lowest BCUT2D eigenvalue weighted by Gasteiger charge is -2.15. The predicted molar refractivity (Wildman–Crippen MR) is 85.6 cm³/mol. The van der Waals surface area contributed by atoms with E-state index in [0.29, 0.717) is 12.2 Å². The molecule has 0 atom stereocenters. The van der Waals surface area contributed by atoms with Gasteiger partial charge in [0.25, 0.3) is 10.0 Å². The molecule has 0 aliphatic heterocycles. The minimum absolute atomic E-state index is 0.104. The molecular formula is C15H20FN3O3S. The van der Waals surface area contributed by atoms with Crippen molar-refractivity contribution >= 4 is 15.8 Å². The highest BCUT2D eigenvalue weighted by Crippen LogP contribution is 2.27. The first kappa shape index (κ1) is 17.3. The van der Waals surface area contributed by atoms with Gasteiger partial charge in [-0.15, -0.1) is 0 Å². The summed E-state index contributed by atoms with van der Waals surface area (Å²) in [6, 6.07) is 5.05.